The van der Waals surface area contributed by atoms with E-state index in [0.717, 1.165) is 10.1 Å². The minimum absolute atomic E-state index is 0.354. The van der Waals surface area contributed by atoms with Gasteiger partial charge in [0.2, 0.25) is 5.95 Å². The number of aryl methyl sites for hydroxylation is 1. The number of para-hydroxylation sites is 1. The summed E-state index contributed by atoms with van der Waals surface area (Å²) in [6.45, 7) is 7.47. The molecular weight excluding hydrogens is 277 g/mol. The number of allylic oxidation sites excluding steroid dienone is 1. The largest absolute Gasteiger partial charge is 0.268 e. The summed E-state index contributed by atoms with van der Waals surface area (Å²) < 4.78 is 16.2. The second-order valence-corrected chi connectivity index (χ2v) is 5.42. The second kappa shape index (κ2) is 5.26. The van der Waals surface area contributed by atoms with Gasteiger partial charge in [0, 0.05) is 10.9 Å². The van der Waals surface area contributed by atoms with Crippen molar-refractivity contribution in [2.24, 2.45) is 0 Å². The molecule has 0 aliphatic rings. The molecule has 3 rings (SSSR count). The molecule has 0 fully saturated rings. The van der Waals surface area contributed by atoms with E-state index in [9.17, 15) is 4.79 Å². The lowest BCUT2D eigenvalue weighted by Crippen LogP contribution is -2.24. The van der Waals surface area contributed by atoms with Crippen LogP contribution >= 0.6 is 0 Å². The third-order valence-corrected chi connectivity index (χ3v) is 3.82. The molecule has 0 radical (unpaired) electrons. The maximum atomic E-state index is 15.1. The number of pyridine rings is 1. The Labute approximate surface area is 128 Å². The molecule has 2 nitrogen and oxygen atoms in total. The predicted molar refractivity (Wildman–Crippen MR) is 88.9 cm³/mol. The van der Waals surface area contributed by atoms with E-state index in [1.807, 2.05) is 19.1 Å². The summed E-state index contributed by atoms with van der Waals surface area (Å²) >= 11 is 0. The summed E-state index contributed by atoms with van der Waals surface area (Å²) in [5.74, 6) is -0.564. The van der Waals surface area contributed by atoms with Crippen molar-refractivity contribution >= 4 is 16.3 Å². The lowest BCUT2D eigenvalue weighted by atomic mass is 10.0. The lowest BCUT2D eigenvalue weighted by molar-refractivity contribution is 0.542. The SMILES string of the molecule is C=C(C)c1c(F)n(-c2ccccc2C)c(=O)c2ccccc12. The van der Waals surface area contributed by atoms with E-state index in [1.165, 1.54) is 0 Å². The highest BCUT2D eigenvalue weighted by Gasteiger charge is 2.18. The Morgan fingerprint density at radius 3 is 2.27 bits per heavy atom. The molecule has 2 aromatic carbocycles. The maximum Gasteiger partial charge on any atom is 0.265 e. The van der Waals surface area contributed by atoms with Gasteiger partial charge in [-0.3, -0.25) is 9.36 Å². The van der Waals surface area contributed by atoms with Crippen molar-refractivity contribution in [3.05, 3.63) is 82.5 Å². The van der Waals surface area contributed by atoms with Gasteiger partial charge in [0.15, 0.2) is 0 Å². The molecule has 0 atom stereocenters. The molecule has 22 heavy (non-hydrogen) atoms. The molecule has 3 aromatic rings. The van der Waals surface area contributed by atoms with Crippen molar-refractivity contribution in [1.82, 2.24) is 4.57 Å². The van der Waals surface area contributed by atoms with E-state index in [0.29, 0.717) is 27.6 Å². The van der Waals surface area contributed by atoms with Gasteiger partial charge >= 0.3 is 0 Å². The molecule has 0 saturated heterocycles. The van der Waals surface area contributed by atoms with Gasteiger partial charge in [-0.1, -0.05) is 43.0 Å². The number of rotatable bonds is 2. The Balaban J connectivity index is 2.55. The fraction of sp³-hybridized carbons (Fsp3) is 0.105. The first kappa shape index (κ1) is 14.3. The monoisotopic (exact) mass is 293 g/mol. The molecule has 0 unspecified atom stereocenters. The van der Waals surface area contributed by atoms with Crippen LogP contribution in [-0.4, -0.2) is 4.57 Å². The number of aromatic nitrogens is 1. The van der Waals surface area contributed by atoms with Crippen LogP contribution in [0.4, 0.5) is 4.39 Å². The number of hydrogen-bond acceptors (Lipinski definition) is 1. The minimum atomic E-state index is -0.564. The van der Waals surface area contributed by atoms with Gasteiger partial charge in [-0.25, -0.2) is 0 Å². The van der Waals surface area contributed by atoms with Crippen LogP contribution in [0.3, 0.4) is 0 Å². The first-order valence-electron chi connectivity index (χ1n) is 7.07. The highest BCUT2D eigenvalue weighted by atomic mass is 19.1. The summed E-state index contributed by atoms with van der Waals surface area (Å²) in [5.41, 5.74) is 2.02. The van der Waals surface area contributed by atoms with Gasteiger partial charge < -0.3 is 0 Å². The van der Waals surface area contributed by atoms with Gasteiger partial charge in [-0.15, -0.1) is 0 Å². The fourth-order valence-electron chi connectivity index (χ4n) is 2.76. The average molecular weight is 293 g/mol. The van der Waals surface area contributed by atoms with E-state index in [4.69, 9.17) is 0 Å². The zero-order chi connectivity index (χ0) is 15.9. The number of hydrogen-bond donors (Lipinski definition) is 0. The van der Waals surface area contributed by atoms with Crippen molar-refractivity contribution < 1.29 is 4.39 Å². The summed E-state index contributed by atoms with van der Waals surface area (Å²) in [5, 5.41) is 1.09. The van der Waals surface area contributed by atoms with Gasteiger partial charge in [-0.2, -0.15) is 4.39 Å². The number of nitrogens with zero attached hydrogens (tertiary/aromatic N) is 1. The van der Waals surface area contributed by atoms with Crippen LogP contribution in [0.15, 0.2) is 59.9 Å². The zero-order valence-corrected chi connectivity index (χ0v) is 12.6. The van der Waals surface area contributed by atoms with Crippen molar-refractivity contribution in [2.75, 3.05) is 0 Å². The van der Waals surface area contributed by atoms with Crippen LogP contribution < -0.4 is 5.56 Å². The highest BCUT2D eigenvalue weighted by Crippen LogP contribution is 2.27. The standard InChI is InChI=1S/C19H16FNO/c1-12(2)17-14-9-5-6-10-15(14)19(22)21(18(17)20)16-11-7-4-8-13(16)3/h4-11H,1H2,2-3H3. The fourth-order valence-corrected chi connectivity index (χ4v) is 2.76. The van der Waals surface area contributed by atoms with Gasteiger partial charge in [-0.05, 0) is 42.5 Å². The summed E-state index contributed by atoms with van der Waals surface area (Å²) in [6.07, 6.45) is 0. The minimum Gasteiger partial charge on any atom is -0.268 e. The number of benzene rings is 2. The number of halogens is 1. The smallest absolute Gasteiger partial charge is 0.265 e. The molecule has 110 valence electrons. The Kier molecular flexibility index (Phi) is 3.41. The Morgan fingerprint density at radius 2 is 1.64 bits per heavy atom. The van der Waals surface area contributed by atoms with Crippen LogP contribution in [0, 0.1) is 12.9 Å². The molecule has 1 heterocycles. The molecule has 0 amide bonds. The van der Waals surface area contributed by atoms with Gasteiger partial charge in [0.1, 0.15) is 0 Å². The Morgan fingerprint density at radius 1 is 1.05 bits per heavy atom. The van der Waals surface area contributed by atoms with Crippen LogP contribution in [0.25, 0.3) is 22.0 Å². The third-order valence-electron chi connectivity index (χ3n) is 3.82. The quantitative estimate of drug-likeness (QED) is 0.639. The molecule has 0 saturated carbocycles. The zero-order valence-electron chi connectivity index (χ0n) is 12.6. The van der Waals surface area contributed by atoms with E-state index >= 15 is 4.39 Å². The topological polar surface area (TPSA) is 22.0 Å². The molecule has 3 heteroatoms. The molecule has 0 N–H and O–H groups in total. The molecule has 0 bridgehead atoms. The van der Waals surface area contributed by atoms with Gasteiger partial charge in [0.05, 0.1) is 5.69 Å². The predicted octanol–water partition coefficient (Wildman–Crippen LogP) is 4.47. The van der Waals surface area contributed by atoms with Crippen LogP contribution in [0.1, 0.15) is 18.1 Å². The lowest BCUT2D eigenvalue weighted by Gasteiger charge is -2.16. The van der Waals surface area contributed by atoms with Crippen molar-refractivity contribution in [3.8, 4) is 5.69 Å². The first-order valence-corrected chi connectivity index (χ1v) is 7.07. The molecule has 0 aliphatic heterocycles. The highest BCUT2D eigenvalue weighted by molar-refractivity contribution is 5.92. The van der Waals surface area contributed by atoms with E-state index < -0.39 is 5.95 Å². The van der Waals surface area contributed by atoms with E-state index in [2.05, 4.69) is 6.58 Å². The van der Waals surface area contributed by atoms with Crippen LogP contribution in [0.5, 0.6) is 0 Å². The summed E-state index contributed by atoms with van der Waals surface area (Å²) in [7, 11) is 0. The normalized spacial score (nSPS) is 10.9. The van der Waals surface area contributed by atoms with Crippen LogP contribution in [-0.2, 0) is 0 Å². The summed E-state index contributed by atoms with van der Waals surface area (Å²) in [6, 6.07) is 14.3. The summed E-state index contributed by atoms with van der Waals surface area (Å²) in [4.78, 5) is 12.8. The number of fused-ring (bicyclic) bond motifs is 1. The molecule has 0 aliphatic carbocycles. The van der Waals surface area contributed by atoms with Crippen molar-refractivity contribution in [2.45, 2.75) is 13.8 Å². The maximum absolute atomic E-state index is 15.1. The Hall–Kier alpha value is -2.68. The third kappa shape index (κ3) is 2.06. The average Bonchev–Trinajstić information content (AvgIpc) is 2.49. The van der Waals surface area contributed by atoms with Crippen molar-refractivity contribution in [3.63, 3.8) is 0 Å². The van der Waals surface area contributed by atoms with Crippen molar-refractivity contribution in [1.29, 1.82) is 0 Å². The first-order chi connectivity index (χ1) is 10.5. The van der Waals surface area contributed by atoms with Gasteiger partial charge in [0.25, 0.3) is 5.56 Å². The second-order valence-electron chi connectivity index (χ2n) is 5.42. The van der Waals surface area contributed by atoms with E-state index in [-0.39, 0.29) is 5.56 Å². The molecular formula is C19H16FNO. The molecule has 1 aromatic heterocycles. The molecule has 0 spiro atoms. The van der Waals surface area contributed by atoms with E-state index in [1.54, 1.807) is 43.3 Å². The van der Waals surface area contributed by atoms with Crippen LogP contribution in [0.2, 0.25) is 0 Å². The Bertz CT molecular complexity index is 953.